The average Bonchev–Trinajstić information content (AvgIpc) is 2.92. The Morgan fingerprint density at radius 3 is 2.33 bits per heavy atom. The maximum absolute atomic E-state index is 14.6. The third-order valence-corrected chi connectivity index (χ3v) is 5.77. The molecule has 0 atom stereocenters. The highest BCUT2D eigenvalue weighted by Crippen LogP contribution is 2.41. The molecule has 0 radical (unpaired) electrons. The van der Waals surface area contributed by atoms with Gasteiger partial charge in [-0.1, -0.05) is 18.9 Å². The van der Waals surface area contributed by atoms with Gasteiger partial charge >= 0.3 is 0 Å². The van der Waals surface area contributed by atoms with Crippen LogP contribution in [0, 0.1) is 11.6 Å². The van der Waals surface area contributed by atoms with Crippen molar-refractivity contribution >= 4 is 11.1 Å². The predicted octanol–water partition coefficient (Wildman–Crippen LogP) is 6.17. The number of halogens is 2. The first-order valence-electron chi connectivity index (χ1n) is 10.6. The molecule has 1 aliphatic carbocycles. The summed E-state index contributed by atoms with van der Waals surface area (Å²) in [7, 11) is 2.94. The fourth-order valence-electron chi connectivity index (χ4n) is 4.23. The van der Waals surface area contributed by atoms with Crippen molar-refractivity contribution in [3.05, 3.63) is 58.7 Å². The minimum atomic E-state index is -0.391. The van der Waals surface area contributed by atoms with Crippen LogP contribution in [0.5, 0.6) is 11.5 Å². The van der Waals surface area contributed by atoms with E-state index in [2.05, 4.69) is 0 Å². The summed E-state index contributed by atoms with van der Waals surface area (Å²) in [6.07, 6.45) is 7.10. The Hall–Kier alpha value is -2.40. The number of fused-ring (bicyclic) bond motifs is 1. The summed E-state index contributed by atoms with van der Waals surface area (Å²) in [6.45, 7) is 0.206. The van der Waals surface area contributed by atoms with Crippen LogP contribution in [-0.2, 0) is 6.42 Å². The minimum Gasteiger partial charge on any atom is -0.494 e. The van der Waals surface area contributed by atoms with E-state index in [0.29, 0.717) is 0 Å². The van der Waals surface area contributed by atoms with Gasteiger partial charge in [0.2, 0.25) is 0 Å². The molecule has 0 bridgehead atoms. The number of hydrogen-bond donors (Lipinski definition) is 1. The average molecular weight is 417 g/mol. The second-order valence-electron chi connectivity index (χ2n) is 7.69. The summed E-state index contributed by atoms with van der Waals surface area (Å²) in [5, 5.41) is 9.02. The number of hydrogen-bond acceptors (Lipinski definition) is 3. The van der Waals surface area contributed by atoms with Crippen LogP contribution >= 0.6 is 0 Å². The number of methoxy groups -OCH3 is 2. The maximum atomic E-state index is 14.6. The smallest absolute Gasteiger partial charge is 0.165 e. The number of allylic oxidation sites excluding steroid dienone is 2. The number of rotatable bonds is 9. The molecule has 3 rings (SSSR count). The van der Waals surface area contributed by atoms with E-state index in [1.807, 2.05) is 6.07 Å². The van der Waals surface area contributed by atoms with Crippen molar-refractivity contribution in [1.29, 1.82) is 0 Å². The van der Waals surface area contributed by atoms with Crippen molar-refractivity contribution in [2.75, 3.05) is 20.8 Å². The van der Waals surface area contributed by atoms with Gasteiger partial charge in [0.1, 0.15) is 0 Å². The molecule has 2 aromatic rings. The summed E-state index contributed by atoms with van der Waals surface area (Å²) in [5.74, 6) is -0.278. The van der Waals surface area contributed by atoms with Crippen LogP contribution in [0.25, 0.3) is 11.1 Å². The van der Waals surface area contributed by atoms with Crippen LogP contribution in [-0.4, -0.2) is 25.9 Å². The molecule has 1 N–H and O–H groups in total. The monoisotopic (exact) mass is 416 g/mol. The highest BCUT2D eigenvalue weighted by molar-refractivity contribution is 5.92. The molecule has 1 aliphatic rings. The molecule has 0 spiro atoms. The van der Waals surface area contributed by atoms with E-state index in [-0.39, 0.29) is 23.9 Å². The van der Waals surface area contributed by atoms with Crippen LogP contribution in [0.4, 0.5) is 8.78 Å². The van der Waals surface area contributed by atoms with Crippen LogP contribution in [0.3, 0.4) is 0 Å². The van der Waals surface area contributed by atoms with Gasteiger partial charge in [0.15, 0.2) is 23.1 Å². The lowest BCUT2D eigenvalue weighted by Gasteiger charge is -2.18. The largest absolute Gasteiger partial charge is 0.494 e. The van der Waals surface area contributed by atoms with Crippen molar-refractivity contribution in [3.8, 4) is 11.5 Å². The highest BCUT2D eigenvalue weighted by atomic mass is 19.1. The molecule has 0 heterocycles. The standard InChI is InChI=1S/C25H30F2O3/c1-29-24-15-18(11-12-22(24)26)19-10-7-8-17-14-25(30-2)23(27)16-21(17)20(19)9-5-3-4-6-13-28/h11-12,14-16,28H,3-10,13H2,1-2H3. The third kappa shape index (κ3) is 5.01. The van der Waals surface area contributed by atoms with Crippen molar-refractivity contribution < 1.29 is 23.4 Å². The van der Waals surface area contributed by atoms with E-state index in [9.17, 15) is 8.78 Å². The number of aryl methyl sites for hydroxylation is 1. The second kappa shape index (κ2) is 10.6. The van der Waals surface area contributed by atoms with Crippen LogP contribution < -0.4 is 9.47 Å². The first kappa shape index (κ1) is 22.3. The predicted molar refractivity (Wildman–Crippen MR) is 116 cm³/mol. The topological polar surface area (TPSA) is 38.7 Å². The molecule has 0 unspecified atom stereocenters. The second-order valence-corrected chi connectivity index (χ2v) is 7.69. The Bertz CT molecular complexity index is 906. The maximum Gasteiger partial charge on any atom is 0.165 e. The zero-order chi connectivity index (χ0) is 21.5. The van der Waals surface area contributed by atoms with Crippen molar-refractivity contribution in [1.82, 2.24) is 0 Å². The number of ether oxygens (including phenoxy) is 2. The molecule has 30 heavy (non-hydrogen) atoms. The normalized spacial score (nSPS) is 13.8. The summed E-state index contributed by atoms with van der Waals surface area (Å²) >= 11 is 0. The number of aliphatic hydroxyl groups excluding tert-OH is 1. The Labute approximate surface area is 177 Å². The van der Waals surface area contributed by atoms with E-state index >= 15 is 0 Å². The zero-order valence-electron chi connectivity index (χ0n) is 17.8. The van der Waals surface area contributed by atoms with Gasteiger partial charge in [-0.05, 0) is 90.6 Å². The molecule has 0 aromatic heterocycles. The SMILES string of the molecule is COc1cc(C2=C(CCCCCCO)c3cc(F)c(OC)cc3CCC2)ccc1F. The van der Waals surface area contributed by atoms with E-state index in [0.717, 1.165) is 79.2 Å². The Morgan fingerprint density at radius 2 is 1.60 bits per heavy atom. The fraction of sp³-hybridized carbons (Fsp3) is 0.440. The molecule has 0 saturated heterocycles. The number of benzene rings is 2. The third-order valence-electron chi connectivity index (χ3n) is 5.77. The van der Waals surface area contributed by atoms with Gasteiger partial charge in [0.25, 0.3) is 0 Å². The summed E-state index contributed by atoms with van der Waals surface area (Å²) < 4.78 is 39.0. The van der Waals surface area contributed by atoms with Gasteiger partial charge < -0.3 is 14.6 Å². The van der Waals surface area contributed by atoms with Gasteiger partial charge in [-0.3, -0.25) is 0 Å². The van der Waals surface area contributed by atoms with E-state index < -0.39 is 5.82 Å². The van der Waals surface area contributed by atoms with Crippen molar-refractivity contribution in [2.45, 2.75) is 51.4 Å². The van der Waals surface area contributed by atoms with E-state index in [4.69, 9.17) is 14.6 Å². The molecule has 3 nitrogen and oxygen atoms in total. The summed E-state index contributed by atoms with van der Waals surface area (Å²) in [6, 6.07) is 8.35. The van der Waals surface area contributed by atoms with Crippen LogP contribution in [0.1, 0.15) is 61.6 Å². The highest BCUT2D eigenvalue weighted by Gasteiger charge is 2.21. The lowest BCUT2D eigenvalue weighted by Crippen LogP contribution is -1.99. The molecule has 0 amide bonds. The van der Waals surface area contributed by atoms with Crippen LogP contribution in [0.2, 0.25) is 0 Å². The summed E-state index contributed by atoms with van der Waals surface area (Å²) in [4.78, 5) is 0. The number of unbranched alkanes of at least 4 members (excludes halogenated alkanes) is 3. The van der Waals surface area contributed by atoms with Crippen LogP contribution in [0.15, 0.2) is 30.3 Å². The molecule has 162 valence electrons. The molecular formula is C25H30F2O3. The van der Waals surface area contributed by atoms with Gasteiger partial charge in [0, 0.05) is 6.61 Å². The molecule has 0 aliphatic heterocycles. The van der Waals surface area contributed by atoms with Gasteiger partial charge in [-0.15, -0.1) is 0 Å². The van der Waals surface area contributed by atoms with Gasteiger partial charge in [-0.2, -0.15) is 0 Å². The van der Waals surface area contributed by atoms with E-state index in [1.54, 1.807) is 18.2 Å². The van der Waals surface area contributed by atoms with Crippen molar-refractivity contribution in [3.63, 3.8) is 0 Å². The first-order chi connectivity index (χ1) is 14.6. The van der Waals surface area contributed by atoms with E-state index in [1.165, 1.54) is 20.3 Å². The lowest BCUT2D eigenvalue weighted by molar-refractivity contribution is 0.282. The molecule has 0 saturated carbocycles. The Balaban J connectivity index is 2.07. The lowest BCUT2D eigenvalue weighted by atomic mass is 9.88. The molecule has 2 aromatic carbocycles. The van der Waals surface area contributed by atoms with Gasteiger partial charge in [0.05, 0.1) is 14.2 Å². The Morgan fingerprint density at radius 1 is 0.867 bits per heavy atom. The van der Waals surface area contributed by atoms with Gasteiger partial charge in [-0.25, -0.2) is 8.78 Å². The first-order valence-corrected chi connectivity index (χ1v) is 10.6. The summed E-state index contributed by atoms with van der Waals surface area (Å²) in [5.41, 5.74) is 5.16. The van der Waals surface area contributed by atoms with Crippen molar-refractivity contribution in [2.24, 2.45) is 0 Å². The quantitative estimate of drug-likeness (QED) is 0.497. The molecule has 5 heteroatoms. The minimum absolute atomic E-state index is 0.206. The zero-order valence-corrected chi connectivity index (χ0v) is 17.8. The Kier molecular flexibility index (Phi) is 7.86. The molecule has 0 fully saturated rings. The number of aliphatic hydroxyl groups is 1. The molecular weight excluding hydrogens is 386 g/mol. The fourth-order valence-corrected chi connectivity index (χ4v) is 4.23.